The van der Waals surface area contributed by atoms with Crippen LogP contribution in [0.15, 0.2) is 11.0 Å². The third kappa shape index (κ3) is 2.72. The van der Waals surface area contributed by atoms with Crippen LogP contribution in [-0.4, -0.2) is 42.1 Å². The summed E-state index contributed by atoms with van der Waals surface area (Å²) in [4.78, 5) is 18.2. The molecule has 2 aliphatic heterocycles. The second-order valence-corrected chi connectivity index (χ2v) is 5.81. The van der Waals surface area contributed by atoms with Crippen molar-refractivity contribution in [3.8, 4) is 0 Å². The fourth-order valence-corrected chi connectivity index (χ4v) is 3.08. The Balaban J connectivity index is 1.97. The van der Waals surface area contributed by atoms with Crippen molar-refractivity contribution in [2.24, 2.45) is 0 Å². The van der Waals surface area contributed by atoms with Gasteiger partial charge < -0.3 is 15.0 Å². The first-order chi connectivity index (χ1) is 10.7. The molecular formula is C15H21N5O2. The first kappa shape index (κ1) is 15.0. The topological polar surface area (TPSA) is 63.7 Å². The summed E-state index contributed by atoms with van der Waals surface area (Å²) in [6.45, 7) is 12.6. The van der Waals surface area contributed by atoms with Gasteiger partial charge in [0.05, 0.1) is 18.5 Å². The highest BCUT2D eigenvalue weighted by atomic mass is 16.5. The second-order valence-electron chi connectivity index (χ2n) is 5.81. The molecule has 0 bridgehead atoms. The molecule has 1 N–H and O–H groups in total. The van der Waals surface area contributed by atoms with E-state index in [2.05, 4.69) is 27.1 Å². The van der Waals surface area contributed by atoms with Crippen molar-refractivity contribution in [1.29, 1.82) is 0 Å². The minimum atomic E-state index is -0.342. The van der Waals surface area contributed by atoms with Gasteiger partial charge >= 0.3 is 0 Å². The number of hydrogen-bond acceptors (Lipinski definition) is 5. The third-order valence-electron chi connectivity index (χ3n) is 4.31. The molecule has 3 rings (SSSR count). The van der Waals surface area contributed by atoms with E-state index < -0.39 is 0 Å². The van der Waals surface area contributed by atoms with Gasteiger partial charge in [0.2, 0.25) is 0 Å². The van der Waals surface area contributed by atoms with Gasteiger partial charge in [-0.05, 0) is 26.2 Å². The summed E-state index contributed by atoms with van der Waals surface area (Å²) in [7, 11) is 0. The normalized spacial score (nSPS) is 25.7. The lowest BCUT2D eigenvalue weighted by Gasteiger charge is -2.36. The Labute approximate surface area is 129 Å². The largest absolute Gasteiger partial charge is 0.374 e. The lowest BCUT2D eigenvalue weighted by atomic mass is 10.2. The Morgan fingerprint density at radius 3 is 3.05 bits per heavy atom. The number of anilines is 1. The van der Waals surface area contributed by atoms with Crippen LogP contribution in [0.1, 0.15) is 32.4 Å². The van der Waals surface area contributed by atoms with E-state index >= 15 is 0 Å². The van der Waals surface area contributed by atoms with E-state index in [1.807, 2.05) is 0 Å². The highest BCUT2D eigenvalue weighted by molar-refractivity contribution is 5.69. The quantitative estimate of drug-likeness (QED) is 0.834. The van der Waals surface area contributed by atoms with Gasteiger partial charge in [0.25, 0.3) is 11.2 Å². The van der Waals surface area contributed by atoms with Crippen LogP contribution >= 0.6 is 0 Å². The van der Waals surface area contributed by atoms with Crippen molar-refractivity contribution in [3.05, 3.63) is 28.0 Å². The number of ether oxygens (including phenoxy) is 1. The van der Waals surface area contributed by atoms with Gasteiger partial charge in [-0.3, -0.25) is 4.79 Å². The van der Waals surface area contributed by atoms with Crippen molar-refractivity contribution < 1.29 is 4.74 Å². The average molecular weight is 303 g/mol. The monoisotopic (exact) mass is 303 g/mol. The lowest BCUT2D eigenvalue weighted by Crippen LogP contribution is -2.50. The van der Waals surface area contributed by atoms with Crippen LogP contribution in [0, 0.1) is 6.57 Å². The fraction of sp³-hybridized carbons (Fsp3) is 0.667. The molecular weight excluding hydrogens is 282 g/mol. The molecule has 2 saturated heterocycles. The van der Waals surface area contributed by atoms with Crippen molar-refractivity contribution in [1.82, 2.24) is 15.1 Å². The molecule has 2 fully saturated rings. The van der Waals surface area contributed by atoms with E-state index in [1.54, 1.807) is 6.20 Å². The summed E-state index contributed by atoms with van der Waals surface area (Å²) in [5.74, 6) is 0. The highest BCUT2D eigenvalue weighted by Crippen LogP contribution is 2.28. The Hall–Kier alpha value is -1.91. The van der Waals surface area contributed by atoms with Gasteiger partial charge in [-0.2, -0.15) is 5.10 Å². The van der Waals surface area contributed by atoms with Gasteiger partial charge in [0, 0.05) is 32.3 Å². The highest BCUT2D eigenvalue weighted by Gasteiger charge is 2.26. The molecule has 0 aliphatic carbocycles. The molecule has 0 spiro atoms. The summed E-state index contributed by atoms with van der Waals surface area (Å²) in [6.07, 6.45) is 4.11. The number of hydrogen-bond donors (Lipinski definition) is 1. The molecule has 1 unspecified atom stereocenters. The maximum atomic E-state index is 12.6. The average Bonchev–Trinajstić information content (AvgIpc) is 2.56. The molecule has 7 nitrogen and oxygen atoms in total. The maximum absolute atomic E-state index is 12.6. The second kappa shape index (κ2) is 6.46. The Morgan fingerprint density at radius 1 is 1.50 bits per heavy atom. The van der Waals surface area contributed by atoms with Gasteiger partial charge in [-0.1, -0.05) is 0 Å². The number of piperazine rings is 1. The fourth-order valence-electron chi connectivity index (χ4n) is 3.08. The van der Waals surface area contributed by atoms with Crippen LogP contribution in [0.25, 0.3) is 4.85 Å². The van der Waals surface area contributed by atoms with Crippen LogP contribution < -0.4 is 15.8 Å². The number of nitrogens with one attached hydrogen (secondary N) is 1. The number of rotatable bonds is 2. The lowest BCUT2D eigenvalue weighted by molar-refractivity contribution is -0.0422. The minimum Gasteiger partial charge on any atom is -0.374 e. The Kier molecular flexibility index (Phi) is 4.41. The van der Waals surface area contributed by atoms with E-state index in [9.17, 15) is 4.79 Å². The summed E-state index contributed by atoms with van der Waals surface area (Å²) in [5.41, 5.74) is 0.448. The van der Waals surface area contributed by atoms with Crippen molar-refractivity contribution in [3.63, 3.8) is 0 Å². The molecule has 22 heavy (non-hydrogen) atoms. The molecule has 1 aromatic rings. The summed E-state index contributed by atoms with van der Waals surface area (Å²) < 4.78 is 6.96. The molecule has 2 atom stereocenters. The van der Waals surface area contributed by atoms with Gasteiger partial charge in [0.15, 0.2) is 6.23 Å². The zero-order valence-electron chi connectivity index (χ0n) is 12.8. The first-order valence-corrected chi connectivity index (χ1v) is 7.80. The van der Waals surface area contributed by atoms with Gasteiger partial charge in [-0.15, -0.1) is 0 Å². The SMILES string of the molecule is [C-]#[N+]c1c(N2CCNC[C@H]2C)cnn(C2CCCCO2)c1=O. The molecule has 118 valence electrons. The van der Waals surface area contributed by atoms with Crippen molar-refractivity contribution in [2.45, 2.75) is 38.5 Å². The minimum absolute atomic E-state index is 0.151. The smallest absolute Gasteiger partial charge is 0.277 e. The third-order valence-corrected chi connectivity index (χ3v) is 4.31. The summed E-state index contributed by atoms with van der Waals surface area (Å²) in [6, 6.07) is 0.234. The molecule has 0 saturated carbocycles. The van der Waals surface area contributed by atoms with Crippen LogP contribution in [0.3, 0.4) is 0 Å². The Bertz CT molecular complexity index is 630. The van der Waals surface area contributed by atoms with Crippen LogP contribution in [0.5, 0.6) is 0 Å². The zero-order chi connectivity index (χ0) is 15.5. The van der Waals surface area contributed by atoms with Gasteiger partial charge in [-0.25, -0.2) is 9.53 Å². The standard InChI is InChI=1S/C15H21N5O2/c1-11-9-17-6-7-19(11)12-10-18-20(15(21)14(12)16-2)13-5-3-4-8-22-13/h10-11,13,17H,3-9H2,1H3/t11-,13?/m1/s1. The van der Waals surface area contributed by atoms with E-state index in [-0.39, 0.29) is 23.5 Å². The van der Waals surface area contributed by atoms with Crippen LogP contribution in [0.4, 0.5) is 11.4 Å². The van der Waals surface area contributed by atoms with Crippen LogP contribution in [0.2, 0.25) is 0 Å². The zero-order valence-corrected chi connectivity index (χ0v) is 12.8. The predicted octanol–water partition coefficient (Wildman–Crippen LogP) is 1.29. The molecule has 3 heterocycles. The van der Waals surface area contributed by atoms with E-state index in [0.29, 0.717) is 12.3 Å². The van der Waals surface area contributed by atoms with E-state index in [4.69, 9.17) is 11.3 Å². The van der Waals surface area contributed by atoms with Crippen LogP contribution in [-0.2, 0) is 4.74 Å². The molecule has 2 aliphatic rings. The summed E-state index contributed by atoms with van der Waals surface area (Å²) >= 11 is 0. The van der Waals surface area contributed by atoms with E-state index in [1.165, 1.54) is 4.68 Å². The van der Waals surface area contributed by atoms with Crippen molar-refractivity contribution >= 4 is 11.4 Å². The molecule has 1 aromatic heterocycles. The Morgan fingerprint density at radius 2 is 2.36 bits per heavy atom. The van der Waals surface area contributed by atoms with E-state index in [0.717, 1.165) is 38.9 Å². The maximum Gasteiger partial charge on any atom is 0.277 e. The molecule has 0 amide bonds. The van der Waals surface area contributed by atoms with Gasteiger partial charge in [0.1, 0.15) is 0 Å². The first-order valence-electron chi connectivity index (χ1n) is 7.80. The predicted molar refractivity (Wildman–Crippen MR) is 83.3 cm³/mol. The summed E-state index contributed by atoms with van der Waals surface area (Å²) in [5, 5.41) is 7.60. The molecule has 0 aromatic carbocycles. The number of nitrogens with zero attached hydrogens (tertiary/aromatic N) is 4. The molecule has 0 radical (unpaired) electrons. The molecule has 7 heteroatoms. The number of aromatic nitrogens is 2. The van der Waals surface area contributed by atoms with Crippen molar-refractivity contribution in [2.75, 3.05) is 31.1 Å².